The quantitative estimate of drug-likeness (QED) is 0.710. The number of aromatic nitrogens is 2. The molecule has 7 nitrogen and oxygen atoms in total. The lowest BCUT2D eigenvalue weighted by atomic mass is 10.1. The van der Waals surface area contributed by atoms with Gasteiger partial charge in [0.1, 0.15) is 5.69 Å². The smallest absolute Gasteiger partial charge is 0.341 e. The highest BCUT2D eigenvalue weighted by Gasteiger charge is 2.19. The Bertz CT molecular complexity index is 968. The third kappa shape index (κ3) is 3.30. The summed E-state index contributed by atoms with van der Waals surface area (Å²) in [6.07, 6.45) is 1.69. The van der Waals surface area contributed by atoms with Crippen molar-refractivity contribution in [3.63, 3.8) is 0 Å². The van der Waals surface area contributed by atoms with Crippen LogP contribution in [0.2, 0.25) is 0 Å². The molecule has 0 unspecified atom stereocenters. The summed E-state index contributed by atoms with van der Waals surface area (Å²) in [5.41, 5.74) is 2.20. The van der Waals surface area contributed by atoms with E-state index in [1.807, 2.05) is 18.2 Å². The first-order valence-electron chi connectivity index (χ1n) is 7.67. The largest absolute Gasteiger partial charge is 0.452 e. The maximum atomic E-state index is 12.3. The van der Waals surface area contributed by atoms with E-state index in [1.54, 1.807) is 42.9 Å². The molecule has 7 heteroatoms. The Kier molecular flexibility index (Phi) is 4.38. The fourth-order valence-corrected chi connectivity index (χ4v) is 2.67. The van der Waals surface area contributed by atoms with Gasteiger partial charge in [0, 0.05) is 29.8 Å². The number of nitrogens with zero attached hydrogens (tertiary/aromatic N) is 1. The normalized spacial score (nSPS) is 10.6. The van der Waals surface area contributed by atoms with Crippen molar-refractivity contribution in [3.8, 4) is 0 Å². The number of para-hydroxylation sites is 1. The van der Waals surface area contributed by atoms with Crippen LogP contribution in [0.3, 0.4) is 0 Å². The second-order valence-electron chi connectivity index (χ2n) is 5.63. The monoisotopic (exact) mass is 339 g/mol. The molecule has 0 aliphatic carbocycles. The lowest BCUT2D eigenvalue weighted by Gasteiger charge is -2.07. The van der Waals surface area contributed by atoms with Crippen LogP contribution in [0.5, 0.6) is 0 Å². The molecule has 2 aromatic heterocycles. The van der Waals surface area contributed by atoms with Crippen LogP contribution in [0.1, 0.15) is 26.5 Å². The maximum absolute atomic E-state index is 12.3. The summed E-state index contributed by atoms with van der Waals surface area (Å²) in [5, 5.41) is 2.92. The van der Waals surface area contributed by atoms with E-state index in [0.717, 1.165) is 10.9 Å². The van der Waals surface area contributed by atoms with Crippen molar-refractivity contribution in [1.82, 2.24) is 14.9 Å². The SMILES string of the molecule is Cc1[nH]c2ccccc2c1C(=O)OCC(=O)NC(=O)c1cccn1C. The van der Waals surface area contributed by atoms with Crippen molar-refractivity contribution in [3.05, 3.63) is 59.5 Å². The molecule has 0 aliphatic rings. The van der Waals surface area contributed by atoms with Gasteiger partial charge in [-0.1, -0.05) is 18.2 Å². The Morgan fingerprint density at radius 1 is 1.16 bits per heavy atom. The first-order chi connectivity index (χ1) is 12.0. The lowest BCUT2D eigenvalue weighted by Crippen LogP contribution is -2.35. The van der Waals surface area contributed by atoms with E-state index < -0.39 is 24.4 Å². The number of nitrogens with one attached hydrogen (secondary N) is 2. The number of aromatic amines is 1. The highest BCUT2D eigenvalue weighted by molar-refractivity contribution is 6.07. The minimum atomic E-state index is -0.683. The van der Waals surface area contributed by atoms with Crippen LogP contribution >= 0.6 is 0 Å². The van der Waals surface area contributed by atoms with Crippen molar-refractivity contribution < 1.29 is 19.1 Å². The maximum Gasteiger partial charge on any atom is 0.341 e. The van der Waals surface area contributed by atoms with Gasteiger partial charge in [-0.3, -0.25) is 14.9 Å². The number of esters is 1. The van der Waals surface area contributed by atoms with Crippen molar-refractivity contribution in [2.24, 2.45) is 7.05 Å². The van der Waals surface area contributed by atoms with Crippen LogP contribution in [-0.2, 0) is 16.6 Å². The van der Waals surface area contributed by atoms with Gasteiger partial charge < -0.3 is 14.3 Å². The minimum absolute atomic E-state index is 0.340. The predicted octanol–water partition coefficient (Wildman–Crippen LogP) is 1.93. The number of H-pyrrole nitrogens is 1. The third-order valence-electron chi connectivity index (χ3n) is 3.86. The predicted molar refractivity (Wildman–Crippen MR) is 91.2 cm³/mol. The number of hydrogen-bond donors (Lipinski definition) is 2. The van der Waals surface area contributed by atoms with Crippen LogP contribution in [0.15, 0.2) is 42.6 Å². The number of ether oxygens (including phenoxy) is 1. The Morgan fingerprint density at radius 2 is 1.92 bits per heavy atom. The molecule has 0 fully saturated rings. The van der Waals surface area contributed by atoms with Crippen molar-refractivity contribution in [2.45, 2.75) is 6.92 Å². The molecule has 0 saturated heterocycles. The second-order valence-corrected chi connectivity index (χ2v) is 5.63. The number of aryl methyl sites for hydroxylation is 2. The molecule has 0 aliphatic heterocycles. The highest BCUT2D eigenvalue weighted by atomic mass is 16.5. The molecule has 0 radical (unpaired) electrons. The lowest BCUT2D eigenvalue weighted by molar-refractivity contribution is -0.123. The average molecular weight is 339 g/mol. The summed E-state index contributed by atoms with van der Waals surface area (Å²) in [7, 11) is 1.69. The molecule has 0 saturated carbocycles. The molecule has 25 heavy (non-hydrogen) atoms. The Hall–Kier alpha value is -3.35. The van der Waals surface area contributed by atoms with Gasteiger partial charge in [-0.2, -0.15) is 0 Å². The summed E-state index contributed by atoms with van der Waals surface area (Å²) in [4.78, 5) is 39.2. The Morgan fingerprint density at radius 3 is 2.64 bits per heavy atom. The number of rotatable bonds is 4. The molecule has 3 rings (SSSR count). The molecule has 0 spiro atoms. The minimum Gasteiger partial charge on any atom is -0.452 e. The number of fused-ring (bicyclic) bond motifs is 1. The summed E-state index contributed by atoms with van der Waals surface area (Å²) in [5.74, 6) is -1.84. The second kappa shape index (κ2) is 6.64. The Labute approximate surface area is 143 Å². The molecule has 0 atom stereocenters. The van der Waals surface area contributed by atoms with Gasteiger partial charge in [0.25, 0.3) is 11.8 Å². The van der Waals surface area contributed by atoms with E-state index >= 15 is 0 Å². The zero-order valence-electron chi connectivity index (χ0n) is 13.8. The molecular formula is C18H17N3O4. The van der Waals surface area contributed by atoms with Gasteiger partial charge in [-0.25, -0.2) is 4.79 Å². The van der Waals surface area contributed by atoms with Crippen LogP contribution < -0.4 is 5.32 Å². The summed E-state index contributed by atoms with van der Waals surface area (Å²) in [6.45, 7) is 1.23. The molecule has 128 valence electrons. The van der Waals surface area contributed by atoms with E-state index in [9.17, 15) is 14.4 Å². The van der Waals surface area contributed by atoms with Crippen LogP contribution in [-0.4, -0.2) is 33.9 Å². The number of benzene rings is 1. The Balaban J connectivity index is 1.64. The highest BCUT2D eigenvalue weighted by Crippen LogP contribution is 2.22. The molecule has 1 aromatic carbocycles. The van der Waals surface area contributed by atoms with Gasteiger partial charge >= 0.3 is 5.97 Å². The van der Waals surface area contributed by atoms with E-state index in [0.29, 0.717) is 17.0 Å². The summed E-state index contributed by atoms with van der Waals surface area (Å²) >= 11 is 0. The summed E-state index contributed by atoms with van der Waals surface area (Å²) < 4.78 is 6.64. The van der Waals surface area contributed by atoms with E-state index in [-0.39, 0.29) is 0 Å². The standard InChI is InChI=1S/C18H17N3O4/c1-11-16(12-6-3-4-7-13(12)19-11)18(24)25-10-15(22)20-17(23)14-8-5-9-21(14)2/h3-9,19H,10H2,1-2H3,(H,20,22,23). The molecule has 2 amide bonds. The number of carbonyl (C=O) groups is 3. The third-order valence-corrected chi connectivity index (χ3v) is 3.86. The molecule has 2 N–H and O–H groups in total. The van der Waals surface area contributed by atoms with Crippen molar-refractivity contribution in [1.29, 1.82) is 0 Å². The summed E-state index contributed by atoms with van der Waals surface area (Å²) in [6, 6.07) is 10.6. The number of imide groups is 1. The van der Waals surface area contributed by atoms with Crippen molar-refractivity contribution >= 4 is 28.7 Å². The number of amides is 2. The molecule has 0 bridgehead atoms. The topological polar surface area (TPSA) is 93.2 Å². The fourth-order valence-electron chi connectivity index (χ4n) is 2.67. The van der Waals surface area contributed by atoms with E-state index in [4.69, 9.17) is 4.74 Å². The zero-order chi connectivity index (χ0) is 18.0. The number of hydrogen-bond acceptors (Lipinski definition) is 4. The molecule has 3 aromatic rings. The van der Waals surface area contributed by atoms with Gasteiger partial charge in [0.2, 0.25) is 0 Å². The van der Waals surface area contributed by atoms with Crippen LogP contribution in [0.25, 0.3) is 10.9 Å². The zero-order valence-corrected chi connectivity index (χ0v) is 13.8. The van der Waals surface area contributed by atoms with Crippen LogP contribution in [0, 0.1) is 6.92 Å². The van der Waals surface area contributed by atoms with Gasteiger partial charge in [0.15, 0.2) is 6.61 Å². The molecule has 2 heterocycles. The fraction of sp³-hybridized carbons (Fsp3) is 0.167. The van der Waals surface area contributed by atoms with Crippen molar-refractivity contribution in [2.75, 3.05) is 6.61 Å². The first kappa shape index (κ1) is 16.5. The van der Waals surface area contributed by atoms with Gasteiger partial charge in [0.05, 0.1) is 5.56 Å². The van der Waals surface area contributed by atoms with E-state index in [2.05, 4.69) is 10.3 Å². The van der Waals surface area contributed by atoms with Crippen LogP contribution in [0.4, 0.5) is 0 Å². The van der Waals surface area contributed by atoms with Gasteiger partial charge in [-0.05, 0) is 25.1 Å². The molecular weight excluding hydrogens is 322 g/mol. The van der Waals surface area contributed by atoms with Gasteiger partial charge in [-0.15, -0.1) is 0 Å². The number of carbonyl (C=O) groups excluding carboxylic acids is 3. The van der Waals surface area contributed by atoms with E-state index in [1.165, 1.54) is 0 Å². The average Bonchev–Trinajstić information content (AvgIpc) is 3.14. The first-order valence-corrected chi connectivity index (χ1v) is 7.67.